The molecule has 1 heterocycles. The summed E-state index contributed by atoms with van der Waals surface area (Å²) in [6.07, 6.45) is 0.172. The molecule has 178 valence electrons. The molecule has 1 saturated heterocycles. The lowest BCUT2D eigenvalue weighted by molar-refractivity contribution is -0.118. The number of methoxy groups -OCH3 is 1. The molecule has 0 bridgehead atoms. The highest BCUT2D eigenvalue weighted by atomic mass is 16.5. The lowest BCUT2D eigenvalue weighted by Crippen LogP contribution is -2.46. The Bertz CT molecular complexity index is 917. The molecule has 1 aliphatic rings. The predicted molar refractivity (Wildman–Crippen MR) is 124 cm³/mol. The van der Waals surface area contributed by atoms with Gasteiger partial charge in [-0.15, -0.1) is 0 Å². The second kappa shape index (κ2) is 12.1. The Kier molecular flexibility index (Phi) is 8.95. The molecule has 2 aromatic rings. The fraction of sp³-hybridized carbons (Fsp3) is 0.440. The third-order valence-corrected chi connectivity index (χ3v) is 5.79. The third-order valence-electron chi connectivity index (χ3n) is 5.79. The Balaban J connectivity index is 1.58. The molecule has 0 aliphatic carbocycles. The van der Waals surface area contributed by atoms with Gasteiger partial charge in [0, 0.05) is 25.9 Å². The van der Waals surface area contributed by atoms with E-state index in [4.69, 9.17) is 14.2 Å². The van der Waals surface area contributed by atoms with Gasteiger partial charge in [-0.05, 0) is 42.2 Å². The summed E-state index contributed by atoms with van der Waals surface area (Å²) in [5.74, 6) is 1.58. The summed E-state index contributed by atoms with van der Waals surface area (Å²) in [5, 5.41) is 12.2. The number of para-hydroxylation sites is 1. The molecular formula is C25H32N2O6. The maximum atomic E-state index is 11.5. The Morgan fingerprint density at radius 3 is 2.58 bits per heavy atom. The summed E-state index contributed by atoms with van der Waals surface area (Å²) in [7, 11) is 1.63. The molecule has 1 aliphatic heterocycles. The molecule has 8 heteroatoms. The van der Waals surface area contributed by atoms with Crippen LogP contribution in [0, 0.1) is 0 Å². The molecule has 8 nitrogen and oxygen atoms in total. The molecule has 2 unspecified atom stereocenters. The van der Waals surface area contributed by atoms with Crippen LogP contribution in [-0.4, -0.2) is 68.1 Å². The van der Waals surface area contributed by atoms with Crippen molar-refractivity contribution >= 4 is 12.0 Å². The normalized spacial score (nSPS) is 17.9. The van der Waals surface area contributed by atoms with E-state index < -0.39 is 6.09 Å². The molecular weight excluding hydrogens is 424 g/mol. The van der Waals surface area contributed by atoms with Crippen molar-refractivity contribution in [1.29, 1.82) is 0 Å². The van der Waals surface area contributed by atoms with Crippen LogP contribution in [-0.2, 0) is 16.0 Å². The van der Waals surface area contributed by atoms with Gasteiger partial charge >= 0.3 is 6.09 Å². The number of rotatable bonds is 10. The van der Waals surface area contributed by atoms with Crippen LogP contribution in [0.15, 0.2) is 48.5 Å². The van der Waals surface area contributed by atoms with Crippen molar-refractivity contribution in [1.82, 2.24) is 10.2 Å². The van der Waals surface area contributed by atoms with Gasteiger partial charge in [-0.1, -0.05) is 30.3 Å². The zero-order chi connectivity index (χ0) is 23.6. The number of ether oxygens (including phenoxy) is 3. The Morgan fingerprint density at radius 2 is 1.88 bits per heavy atom. The van der Waals surface area contributed by atoms with Crippen LogP contribution in [0.4, 0.5) is 4.79 Å². The van der Waals surface area contributed by atoms with E-state index in [1.807, 2.05) is 48.5 Å². The molecule has 0 spiro atoms. The number of nitrogens with one attached hydrogen (secondary N) is 1. The number of hydrogen-bond acceptors (Lipinski definition) is 5. The van der Waals surface area contributed by atoms with Gasteiger partial charge in [0.1, 0.15) is 18.1 Å². The molecule has 2 atom stereocenters. The van der Waals surface area contributed by atoms with Gasteiger partial charge in [0.25, 0.3) is 0 Å². The second-order valence-electron chi connectivity index (χ2n) is 8.00. The first-order valence-electron chi connectivity index (χ1n) is 11.2. The quantitative estimate of drug-likeness (QED) is 0.533. The average molecular weight is 457 g/mol. The van der Waals surface area contributed by atoms with Crippen LogP contribution in [0.3, 0.4) is 0 Å². The van der Waals surface area contributed by atoms with Crippen LogP contribution in [0.2, 0.25) is 0 Å². The molecule has 2 aromatic carbocycles. The highest BCUT2D eigenvalue weighted by Crippen LogP contribution is 2.31. The fourth-order valence-corrected chi connectivity index (χ4v) is 4.07. The SMILES string of the molecule is COc1ccc(C2CCN(C(=O)O)CC2OCCOc2ccccc2CCNC(C)=O)cc1. The van der Waals surface area contributed by atoms with E-state index in [1.165, 1.54) is 11.8 Å². The number of piperidine rings is 1. The largest absolute Gasteiger partial charge is 0.497 e. The van der Waals surface area contributed by atoms with E-state index in [1.54, 1.807) is 7.11 Å². The van der Waals surface area contributed by atoms with E-state index >= 15 is 0 Å². The van der Waals surface area contributed by atoms with E-state index in [9.17, 15) is 14.7 Å². The van der Waals surface area contributed by atoms with Crippen molar-refractivity contribution in [3.05, 3.63) is 59.7 Å². The number of amides is 2. The number of carboxylic acid groups (broad SMARTS) is 1. The van der Waals surface area contributed by atoms with Gasteiger partial charge in [0.2, 0.25) is 5.91 Å². The Labute approximate surface area is 194 Å². The van der Waals surface area contributed by atoms with E-state index in [0.29, 0.717) is 45.7 Å². The minimum atomic E-state index is -0.930. The van der Waals surface area contributed by atoms with Crippen LogP contribution < -0.4 is 14.8 Å². The number of hydrogen-bond donors (Lipinski definition) is 2. The van der Waals surface area contributed by atoms with Gasteiger partial charge in [0.15, 0.2) is 0 Å². The van der Waals surface area contributed by atoms with Crippen molar-refractivity contribution in [3.8, 4) is 11.5 Å². The Morgan fingerprint density at radius 1 is 1.12 bits per heavy atom. The minimum Gasteiger partial charge on any atom is -0.497 e. The first kappa shape index (κ1) is 24.4. The lowest BCUT2D eigenvalue weighted by atomic mass is 9.87. The minimum absolute atomic E-state index is 0.0592. The maximum Gasteiger partial charge on any atom is 0.407 e. The van der Waals surface area contributed by atoms with Gasteiger partial charge in [0.05, 0.1) is 26.4 Å². The number of carbonyl (C=O) groups excluding carboxylic acids is 1. The summed E-state index contributed by atoms with van der Waals surface area (Å²) in [5.41, 5.74) is 2.12. The van der Waals surface area contributed by atoms with E-state index in [-0.39, 0.29) is 17.9 Å². The number of nitrogens with zero attached hydrogens (tertiary/aromatic N) is 1. The second-order valence-corrected chi connectivity index (χ2v) is 8.00. The Hall–Kier alpha value is -3.26. The number of benzene rings is 2. The topological polar surface area (TPSA) is 97.3 Å². The maximum absolute atomic E-state index is 11.5. The van der Waals surface area contributed by atoms with Crippen LogP contribution in [0.1, 0.15) is 30.4 Å². The summed E-state index contributed by atoms with van der Waals surface area (Å²) in [4.78, 5) is 24.0. The van der Waals surface area contributed by atoms with E-state index in [0.717, 1.165) is 22.6 Å². The average Bonchev–Trinajstić information content (AvgIpc) is 2.82. The van der Waals surface area contributed by atoms with Gasteiger partial charge in [-0.2, -0.15) is 0 Å². The third kappa shape index (κ3) is 7.12. The summed E-state index contributed by atoms with van der Waals surface area (Å²) >= 11 is 0. The summed E-state index contributed by atoms with van der Waals surface area (Å²) in [6.45, 7) is 3.52. The predicted octanol–water partition coefficient (Wildman–Crippen LogP) is 3.31. The summed E-state index contributed by atoms with van der Waals surface area (Å²) < 4.78 is 17.3. The highest BCUT2D eigenvalue weighted by molar-refractivity contribution is 5.72. The van der Waals surface area contributed by atoms with Crippen molar-refractivity contribution in [2.45, 2.75) is 31.8 Å². The van der Waals surface area contributed by atoms with Crippen LogP contribution in [0.25, 0.3) is 0 Å². The van der Waals surface area contributed by atoms with Gasteiger partial charge < -0.3 is 29.5 Å². The van der Waals surface area contributed by atoms with E-state index in [2.05, 4.69) is 5.32 Å². The first-order valence-corrected chi connectivity index (χ1v) is 11.2. The monoisotopic (exact) mass is 456 g/mol. The van der Waals surface area contributed by atoms with Crippen molar-refractivity contribution in [3.63, 3.8) is 0 Å². The van der Waals surface area contributed by atoms with Crippen molar-refractivity contribution in [2.24, 2.45) is 0 Å². The van der Waals surface area contributed by atoms with Crippen molar-refractivity contribution < 1.29 is 28.9 Å². The van der Waals surface area contributed by atoms with Gasteiger partial charge in [-0.3, -0.25) is 4.79 Å². The summed E-state index contributed by atoms with van der Waals surface area (Å²) in [6, 6.07) is 15.6. The highest BCUT2D eigenvalue weighted by Gasteiger charge is 2.33. The standard InChI is InChI=1S/C25H32N2O6/c1-18(28)26-13-11-20-5-3-4-6-23(20)32-15-16-33-24-17-27(25(29)30)14-12-22(24)19-7-9-21(31-2)10-8-19/h3-10,22,24H,11-17H2,1-2H3,(H,26,28)(H,29,30). The molecule has 3 rings (SSSR count). The fourth-order valence-electron chi connectivity index (χ4n) is 4.07. The zero-order valence-corrected chi connectivity index (χ0v) is 19.2. The molecule has 0 saturated carbocycles. The molecule has 33 heavy (non-hydrogen) atoms. The first-order chi connectivity index (χ1) is 16.0. The zero-order valence-electron chi connectivity index (χ0n) is 19.2. The number of likely N-dealkylation sites (tertiary alicyclic amines) is 1. The molecule has 2 amide bonds. The lowest BCUT2D eigenvalue weighted by Gasteiger charge is -2.37. The smallest absolute Gasteiger partial charge is 0.407 e. The molecule has 2 N–H and O–H groups in total. The molecule has 0 aromatic heterocycles. The van der Waals surface area contributed by atoms with Crippen molar-refractivity contribution in [2.75, 3.05) is 40.0 Å². The van der Waals surface area contributed by atoms with Crippen LogP contribution in [0.5, 0.6) is 11.5 Å². The van der Waals surface area contributed by atoms with Gasteiger partial charge in [-0.25, -0.2) is 4.79 Å². The molecule has 1 fully saturated rings. The molecule has 0 radical (unpaired) electrons. The number of carbonyl (C=O) groups is 2. The van der Waals surface area contributed by atoms with Crippen LogP contribution >= 0.6 is 0 Å².